The van der Waals surface area contributed by atoms with E-state index < -0.39 is 5.92 Å². The Morgan fingerprint density at radius 3 is 1.98 bits per heavy atom. The van der Waals surface area contributed by atoms with Crippen LogP contribution in [0.25, 0.3) is 0 Å². The lowest BCUT2D eigenvalue weighted by Crippen LogP contribution is -2.44. The summed E-state index contributed by atoms with van der Waals surface area (Å²) in [5, 5.41) is 0. The summed E-state index contributed by atoms with van der Waals surface area (Å²) in [7, 11) is 1.70. The topological polar surface area (TPSA) is 55.8 Å². The van der Waals surface area contributed by atoms with Gasteiger partial charge in [0.1, 0.15) is 18.2 Å². The predicted octanol–water partition coefficient (Wildman–Crippen LogP) is 7.13. The van der Waals surface area contributed by atoms with Crippen LogP contribution in [0.15, 0.2) is 71.1 Å². The first-order valence-electron chi connectivity index (χ1n) is 14.2. The second-order valence-corrected chi connectivity index (χ2v) is 13.0. The first-order valence-corrected chi connectivity index (χ1v) is 14.2. The first-order chi connectivity index (χ1) is 19.0. The van der Waals surface area contributed by atoms with Crippen molar-refractivity contribution < 1.29 is 23.5 Å². The van der Waals surface area contributed by atoms with E-state index in [4.69, 9.17) is 9.47 Å². The third kappa shape index (κ3) is 5.64. The van der Waals surface area contributed by atoms with Crippen molar-refractivity contribution in [3.8, 4) is 5.75 Å². The van der Waals surface area contributed by atoms with Crippen molar-refractivity contribution in [1.82, 2.24) is 4.90 Å². The van der Waals surface area contributed by atoms with Crippen molar-refractivity contribution in [2.24, 2.45) is 10.8 Å². The molecule has 2 aromatic rings. The lowest BCUT2D eigenvalue weighted by molar-refractivity contribution is -0.119. The van der Waals surface area contributed by atoms with Gasteiger partial charge in [-0.05, 0) is 53.9 Å². The van der Waals surface area contributed by atoms with Crippen LogP contribution in [0.2, 0.25) is 0 Å². The van der Waals surface area contributed by atoms with Crippen LogP contribution < -0.4 is 4.74 Å². The molecule has 0 bridgehead atoms. The average molecular weight is 546 g/mol. The number of allylic oxidation sites excluding steroid dienone is 4. The molecular formula is C34H40FNO4. The Kier molecular flexibility index (Phi) is 7.75. The molecule has 6 heteroatoms. The predicted molar refractivity (Wildman–Crippen MR) is 153 cm³/mol. The Hall–Kier alpha value is -3.25. The van der Waals surface area contributed by atoms with Gasteiger partial charge in [-0.1, -0.05) is 58.0 Å². The second kappa shape index (κ2) is 11.0. The number of halogens is 1. The summed E-state index contributed by atoms with van der Waals surface area (Å²) in [6.45, 7) is 10.1. The number of hydrogen-bond donors (Lipinski definition) is 0. The molecule has 0 amide bonds. The molecule has 0 saturated carbocycles. The van der Waals surface area contributed by atoms with Crippen molar-refractivity contribution >= 4 is 11.6 Å². The average Bonchev–Trinajstić information content (AvgIpc) is 2.87. The third-order valence-corrected chi connectivity index (χ3v) is 8.32. The highest BCUT2D eigenvalue weighted by Crippen LogP contribution is 2.54. The largest absolute Gasteiger partial charge is 0.489 e. The first kappa shape index (κ1) is 28.3. The van der Waals surface area contributed by atoms with E-state index in [9.17, 15) is 14.0 Å². The highest BCUT2D eigenvalue weighted by Gasteiger charge is 2.48. The standard InChI is InChI=1S/C34H40FNO4/c1-33(2)17-26-31(28(37)19-33)30(22-11-13-24(14-12-22)40-21-23-9-6-7-10-25(23)35)32-27(36(26)15-8-16-39-5)18-34(3,4)20-29(32)38/h6-7,9-14,30H,8,15-21H2,1-5H3. The molecule has 1 aliphatic heterocycles. The fourth-order valence-corrected chi connectivity index (χ4v) is 6.55. The molecule has 3 aliphatic rings. The highest BCUT2D eigenvalue weighted by atomic mass is 19.1. The monoisotopic (exact) mass is 545 g/mol. The fraction of sp³-hybridized carbons (Fsp3) is 0.471. The summed E-state index contributed by atoms with van der Waals surface area (Å²) in [5.41, 5.74) is 4.75. The molecule has 2 aliphatic carbocycles. The molecular weight excluding hydrogens is 505 g/mol. The minimum absolute atomic E-state index is 0.122. The van der Waals surface area contributed by atoms with Gasteiger partial charge in [0.05, 0.1) is 0 Å². The van der Waals surface area contributed by atoms with Gasteiger partial charge in [-0.3, -0.25) is 9.59 Å². The number of nitrogens with zero attached hydrogens (tertiary/aromatic N) is 1. The zero-order chi connectivity index (χ0) is 28.7. The molecule has 0 N–H and O–H groups in total. The number of benzene rings is 2. The molecule has 0 fully saturated rings. The molecule has 5 rings (SSSR count). The van der Waals surface area contributed by atoms with Gasteiger partial charge in [-0.25, -0.2) is 4.39 Å². The molecule has 5 nitrogen and oxygen atoms in total. The Bertz CT molecular complexity index is 1310. The summed E-state index contributed by atoms with van der Waals surface area (Å²) >= 11 is 0. The van der Waals surface area contributed by atoms with Gasteiger partial charge in [-0.2, -0.15) is 0 Å². The molecule has 0 radical (unpaired) electrons. The van der Waals surface area contributed by atoms with Crippen molar-refractivity contribution in [1.29, 1.82) is 0 Å². The van der Waals surface area contributed by atoms with Gasteiger partial charge in [-0.15, -0.1) is 0 Å². The number of carbonyl (C=O) groups is 2. The molecule has 40 heavy (non-hydrogen) atoms. The van der Waals surface area contributed by atoms with Crippen LogP contribution in [0.3, 0.4) is 0 Å². The minimum Gasteiger partial charge on any atom is -0.489 e. The number of hydrogen-bond acceptors (Lipinski definition) is 5. The number of carbonyl (C=O) groups excluding carboxylic acids is 2. The Morgan fingerprint density at radius 2 is 1.43 bits per heavy atom. The maximum Gasteiger partial charge on any atom is 0.162 e. The number of ether oxygens (including phenoxy) is 2. The molecule has 2 aromatic carbocycles. The van der Waals surface area contributed by atoms with E-state index in [0.717, 1.165) is 47.4 Å². The number of methoxy groups -OCH3 is 1. The smallest absolute Gasteiger partial charge is 0.162 e. The van der Waals surface area contributed by atoms with Gasteiger partial charge in [0, 0.05) is 67.1 Å². The zero-order valence-corrected chi connectivity index (χ0v) is 24.3. The van der Waals surface area contributed by atoms with E-state index in [2.05, 4.69) is 32.6 Å². The molecule has 0 saturated heterocycles. The summed E-state index contributed by atoms with van der Waals surface area (Å²) in [4.78, 5) is 30.0. The molecule has 0 atom stereocenters. The second-order valence-electron chi connectivity index (χ2n) is 13.0. The van der Waals surface area contributed by atoms with Gasteiger partial charge in [0.15, 0.2) is 11.6 Å². The molecule has 1 heterocycles. The van der Waals surface area contributed by atoms with Gasteiger partial charge >= 0.3 is 0 Å². The van der Waals surface area contributed by atoms with Crippen LogP contribution in [-0.4, -0.2) is 36.7 Å². The van der Waals surface area contributed by atoms with Crippen LogP contribution in [0.5, 0.6) is 5.75 Å². The quantitative estimate of drug-likeness (QED) is 0.331. The van der Waals surface area contributed by atoms with Crippen molar-refractivity contribution in [3.05, 3.63) is 88.0 Å². The van der Waals surface area contributed by atoms with Gasteiger partial charge in [0.25, 0.3) is 0 Å². The van der Waals surface area contributed by atoms with E-state index >= 15 is 0 Å². The van der Waals surface area contributed by atoms with Gasteiger partial charge < -0.3 is 14.4 Å². The van der Waals surface area contributed by atoms with Crippen molar-refractivity contribution in [3.63, 3.8) is 0 Å². The van der Waals surface area contributed by atoms with Crippen LogP contribution in [-0.2, 0) is 20.9 Å². The van der Waals surface area contributed by atoms with E-state index in [-0.39, 0.29) is 34.8 Å². The van der Waals surface area contributed by atoms with E-state index in [1.165, 1.54) is 6.07 Å². The maximum atomic E-state index is 14.1. The SMILES string of the molecule is COCCCN1C2=C(C(=O)CC(C)(C)C2)C(c2ccc(OCc3ccccc3F)cc2)C2=C1CC(C)(C)CC2=O. The normalized spacial score (nSPS) is 20.5. The van der Waals surface area contributed by atoms with Crippen LogP contribution >= 0.6 is 0 Å². The van der Waals surface area contributed by atoms with Crippen molar-refractivity contribution in [2.75, 3.05) is 20.3 Å². The summed E-state index contributed by atoms with van der Waals surface area (Å²) in [5.74, 6) is 0.165. The minimum atomic E-state index is -0.392. The van der Waals surface area contributed by atoms with Crippen LogP contribution in [0.4, 0.5) is 4.39 Å². The van der Waals surface area contributed by atoms with Crippen LogP contribution in [0.1, 0.15) is 76.8 Å². The number of Topliss-reactive ketones (excluding diaryl/α,β-unsaturated/α-hetero) is 2. The van der Waals surface area contributed by atoms with Gasteiger partial charge in [0.2, 0.25) is 0 Å². The summed E-state index contributed by atoms with van der Waals surface area (Å²) < 4.78 is 25.3. The van der Waals surface area contributed by atoms with E-state index in [1.807, 2.05) is 24.3 Å². The lowest BCUT2D eigenvalue weighted by atomic mass is 9.63. The summed E-state index contributed by atoms with van der Waals surface area (Å²) in [6.07, 6.45) is 3.30. The Labute approximate surface area is 237 Å². The number of ketones is 2. The van der Waals surface area contributed by atoms with Crippen LogP contribution in [0, 0.1) is 16.6 Å². The Balaban J connectivity index is 1.55. The lowest BCUT2D eigenvalue weighted by Gasteiger charge is -2.49. The fourth-order valence-electron chi connectivity index (χ4n) is 6.55. The molecule has 0 unspecified atom stereocenters. The van der Waals surface area contributed by atoms with Crippen molar-refractivity contribution in [2.45, 2.75) is 72.3 Å². The molecule has 0 spiro atoms. The summed E-state index contributed by atoms with van der Waals surface area (Å²) in [6, 6.07) is 14.2. The van der Waals surface area contributed by atoms with E-state index in [1.54, 1.807) is 25.3 Å². The third-order valence-electron chi connectivity index (χ3n) is 8.32. The molecule has 212 valence electrons. The molecule has 0 aromatic heterocycles. The Morgan fingerprint density at radius 1 is 0.850 bits per heavy atom. The van der Waals surface area contributed by atoms with E-state index in [0.29, 0.717) is 37.3 Å². The number of rotatable bonds is 8. The highest BCUT2D eigenvalue weighted by molar-refractivity contribution is 6.06. The zero-order valence-electron chi connectivity index (χ0n) is 24.3. The maximum absolute atomic E-state index is 14.1.